The molecular formula is C28H33N3O5S. The fraction of sp³-hybridized carbons (Fsp3) is 0.429. The van der Waals surface area contributed by atoms with E-state index >= 15 is 0 Å². The predicted molar refractivity (Wildman–Crippen MR) is 143 cm³/mol. The van der Waals surface area contributed by atoms with E-state index in [9.17, 15) is 14.4 Å². The fourth-order valence-electron chi connectivity index (χ4n) is 4.41. The van der Waals surface area contributed by atoms with E-state index in [4.69, 9.17) is 9.47 Å². The average Bonchev–Trinajstić information content (AvgIpc) is 3.31. The number of fused-ring (bicyclic) bond motifs is 1. The van der Waals surface area contributed by atoms with Gasteiger partial charge in [-0.15, -0.1) is 11.3 Å². The quantitative estimate of drug-likeness (QED) is 0.286. The molecule has 8 nitrogen and oxygen atoms in total. The second-order valence-electron chi connectivity index (χ2n) is 9.15. The number of aromatic amines is 1. The van der Waals surface area contributed by atoms with E-state index in [1.54, 1.807) is 38.1 Å². The van der Waals surface area contributed by atoms with Gasteiger partial charge in [0.1, 0.15) is 10.8 Å². The van der Waals surface area contributed by atoms with E-state index in [1.165, 1.54) is 11.3 Å². The van der Waals surface area contributed by atoms with Crippen LogP contribution in [0.15, 0.2) is 24.3 Å². The molecular weight excluding hydrogens is 490 g/mol. The SMILES string of the molecule is CCOC(=O)c1c(NC(=O)C(CC)OC(=O)c2ccc(-c3nc(C)c(C)[nH]3)cc2)sc2c1CCCCC2. The molecule has 2 aromatic heterocycles. The number of hydrogen-bond donors (Lipinski definition) is 2. The molecule has 4 rings (SSSR count). The fourth-order valence-corrected chi connectivity index (χ4v) is 5.69. The first-order valence-corrected chi connectivity index (χ1v) is 13.6. The molecule has 1 aromatic carbocycles. The van der Waals surface area contributed by atoms with E-state index in [-0.39, 0.29) is 6.61 Å². The molecule has 1 aliphatic rings. The molecule has 1 atom stereocenters. The predicted octanol–water partition coefficient (Wildman–Crippen LogP) is 5.77. The summed E-state index contributed by atoms with van der Waals surface area (Å²) in [5, 5.41) is 3.33. The number of anilines is 1. The number of ether oxygens (including phenoxy) is 2. The Morgan fingerprint density at radius 2 is 1.78 bits per heavy atom. The molecule has 3 aromatic rings. The topological polar surface area (TPSA) is 110 Å². The zero-order chi connectivity index (χ0) is 26.5. The highest BCUT2D eigenvalue weighted by Crippen LogP contribution is 2.38. The molecule has 196 valence electrons. The number of rotatable bonds is 8. The van der Waals surface area contributed by atoms with Crippen LogP contribution in [0.25, 0.3) is 11.4 Å². The van der Waals surface area contributed by atoms with Crippen LogP contribution in [-0.4, -0.2) is 40.5 Å². The molecule has 0 radical (unpaired) electrons. The normalized spacial score (nSPS) is 13.8. The molecule has 0 bridgehead atoms. The Bertz CT molecular complexity index is 1270. The highest BCUT2D eigenvalue weighted by atomic mass is 32.1. The lowest BCUT2D eigenvalue weighted by Crippen LogP contribution is -2.32. The number of aryl methyl sites for hydroxylation is 3. The van der Waals surface area contributed by atoms with Gasteiger partial charge in [-0.2, -0.15) is 0 Å². The van der Waals surface area contributed by atoms with Crippen LogP contribution in [0.4, 0.5) is 5.00 Å². The summed E-state index contributed by atoms with van der Waals surface area (Å²) in [5.41, 5.74) is 4.51. The molecule has 0 saturated heterocycles. The number of imidazole rings is 1. The molecule has 0 fully saturated rings. The van der Waals surface area contributed by atoms with Gasteiger partial charge in [0, 0.05) is 16.1 Å². The molecule has 2 heterocycles. The monoisotopic (exact) mass is 523 g/mol. The van der Waals surface area contributed by atoms with Gasteiger partial charge in [0.15, 0.2) is 6.10 Å². The first-order valence-electron chi connectivity index (χ1n) is 12.8. The molecule has 0 saturated carbocycles. The molecule has 1 unspecified atom stereocenters. The summed E-state index contributed by atoms with van der Waals surface area (Å²) in [6.07, 6.45) is 4.12. The van der Waals surface area contributed by atoms with Crippen molar-refractivity contribution < 1.29 is 23.9 Å². The second kappa shape index (κ2) is 11.7. The Balaban J connectivity index is 1.48. The lowest BCUT2D eigenvalue weighted by molar-refractivity contribution is -0.124. The second-order valence-corrected chi connectivity index (χ2v) is 10.3. The number of H-pyrrole nitrogens is 1. The van der Waals surface area contributed by atoms with Crippen LogP contribution in [-0.2, 0) is 27.1 Å². The lowest BCUT2D eigenvalue weighted by Gasteiger charge is -2.16. The number of amides is 1. The Morgan fingerprint density at radius 1 is 1.05 bits per heavy atom. The summed E-state index contributed by atoms with van der Waals surface area (Å²) in [7, 11) is 0. The average molecular weight is 524 g/mol. The number of nitrogens with zero attached hydrogens (tertiary/aromatic N) is 1. The van der Waals surface area contributed by atoms with Crippen LogP contribution >= 0.6 is 11.3 Å². The summed E-state index contributed by atoms with van der Waals surface area (Å²) < 4.78 is 10.9. The maximum atomic E-state index is 13.2. The highest BCUT2D eigenvalue weighted by Gasteiger charge is 2.29. The standard InChI is InChI=1S/C28H33N3O5S/c1-5-21(36-27(33)19-14-12-18(13-15-19)24-29-16(3)17(4)30-24)25(32)31-26-23(28(34)35-6-2)20-10-8-7-9-11-22(20)37-26/h12-15,21H,5-11H2,1-4H3,(H,29,30)(H,31,32). The van der Waals surface area contributed by atoms with Gasteiger partial charge in [0.25, 0.3) is 5.91 Å². The van der Waals surface area contributed by atoms with Crippen molar-refractivity contribution in [1.29, 1.82) is 0 Å². The number of carbonyl (C=O) groups excluding carboxylic acids is 3. The molecule has 2 N–H and O–H groups in total. The third kappa shape index (κ3) is 5.93. The van der Waals surface area contributed by atoms with Gasteiger partial charge in [-0.3, -0.25) is 4.79 Å². The largest absolute Gasteiger partial charge is 0.462 e. The summed E-state index contributed by atoms with van der Waals surface area (Å²) >= 11 is 1.42. The van der Waals surface area contributed by atoms with Crippen molar-refractivity contribution in [2.24, 2.45) is 0 Å². The maximum Gasteiger partial charge on any atom is 0.341 e. The van der Waals surface area contributed by atoms with E-state index in [1.807, 2.05) is 13.8 Å². The number of benzene rings is 1. The summed E-state index contributed by atoms with van der Waals surface area (Å²) in [4.78, 5) is 47.6. The Hall–Kier alpha value is -3.46. The van der Waals surface area contributed by atoms with Gasteiger partial charge in [-0.1, -0.05) is 25.5 Å². The minimum Gasteiger partial charge on any atom is -0.462 e. The Kier molecular flexibility index (Phi) is 8.43. The number of esters is 2. The van der Waals surface area contributed by atoms with Crippen LogP contribution in [0.1, 0.15) is 82.1 Å². The third-order valence-corrected chi connectivity index (χ3v) is 7.78. The van der Waals surface area contributed by atoms with Crippen molar-refractivity contribution in [2.75, 3.05) is 11.9 Å². The Labute approximate surface area is 220 Å². The number of nitrogens with one attached hydrogen (secondary N) is 2. The molecule has 0 aliphatic heterocycles. The summed E-state index contributed by atoms with van der Waals surface area (Å²) in [5.74, 6) is -0.749. The van der Waals surface area contributed by atoms with Crippen LogP contribution < -0.4 is 5.32 Å². The number of hydrogen-bond acceptors (Lipinski definition) is 7. The minimum absolute atomic E-state index is 0.254. The first kappa shape index (κ1) is 26.6. The van der Waals surface area contributed by atoms with Gasteiger partial charge >= 0.3 is 11.9 Å². The van der Waals surface area contributed by atoms with Crippen molar-refractivity contribution in [3.8, 4) is 11.4 Å². The zero-order valence-electron chi connectivity index (χ0n) is 21.7. The molecule has 37 heavy (non-hydrogen) atoms. The number of aromatic nitrogens is 2. The van der Waals surface area contributed by atoms with E-state index in [0.717, 1.165) is 65.3 Å². The number of carbonyl (C=O) groups is 3. The van der Waals surface area contributed by atoms with E-state index in [2.05, 4.69) is 15.3 Å². The van der Waals surface area contributed by atoms with Crippen molar-refractivity contribution in [3.05, 3.63) is 57.2 Å². The van der Waals surface area contributed by atoms with Crippen LogP contribution in [0, 0.1) is 13.8 Å². The van der Waals surface area contributed by atoms with Gasteiger partial charge in [-0.05, 0) is 70.6 Å². The molecule has 9 heteroatoms. The molecule has 1 amide bonds. The minimum atomic E-state index is -1.00. The maximum absolute atomic E-state index is 13.2. The summed E-state index contributed by atoms with van der Waals surface area (Å²) in [6.45, 7) is 7.68. The van der Waals surface area contributed by atoms with Crippen LogP contribution in [0.3, 0.4) is 0 Å². The molecule has 1 aliphatic carbocycles. The van der Waals surface area contributed by atoms with Gasteiger partial charge in [0.2, 0.25) is 0 Å². The molecule has 0 spiro atoms. The van der Waals surface area contributed by atoms with Gasteiger partial charge in [-0.25, -0.2) is 14.6 Å². The van der Waals surface area contributed by atoms with Crippen LogP contribution in [0.2, 0.25) is 0 Å². The lowest BCUT2D eigenvalue weighted by atomic mass is 10.1. The van der Waals surface area contributed by atoms with E-state index < -0.39 is 23.9 Å². The zero-order valence-corrected chi connectivity index (χ0v) is 22.5. The van der Waals surface area contributed by atoms with Gasteiger partial charge in [0.05, 0.1) is 23.4 Å². The van der Waals surface area contributed by atoms with Crippen molar-refractivity contribution in [2.45, 2.75) is 72.3 Å². The van der Waals surface area contributed by atoms with E-state index in [0.29, 0.717) is 22.5 Å². The van der Waals surface area contributed by atoms with Gasteiger partial charge < -0.3 is 19.8 Å². The Morgan fingerprint density at radius 3 is 2.43 bits per heavy atom. The van der Waals surface area contributed by atoms with Crippen molar-refractivity contribution in [1.82, 2.24) is 9.97 Å². The first-order chi connectivity index (χ1) is 17.8. The number of thiophene rings is 1. The van der Waals surface area contributed by atoms with Crippen LogP contribution in [0.5, 0.6) is 0 Å². The van der Waals surface area contributed by atoms with Crippen molar-refractivity contribution in [3.63, 3.8) is 0 Å². The van der Waals surface area contributed by atoms with Crippen molar-refractivity contribution >= 4 is 34.2 Å². The third-order valence-electron chi connectivity index (χ3n) is 6.57. The summed E-state index contributed by atoms with van der Waals surface area (Å²) in [6, 6.07) is 6.90. The smallest absolute Gasteiger partial charge is 0.341 e. The highest BCUT2D eigenvalue weighted by molar-refractivity contribution is 7.17.